The smallest absolute Gasteiger partial charge is 0.130 e. The molecule has 1 fully saturated rings. The average Bonchev–Trinajstić information content (AvgIpc) is 2.21. The second-order valence-corrected chi connectivity index (χ2v) is 4.51. The number of hydrogen-bond donors (Lipinski definition) is 1. The number of methoxy groups -OCH3 is 1. The quantitative estimate of drug-likeness (QED) is 0.883. The van der Waals surface area contributed by atoms with E-state index < -0.39 is 6.10 Å². The Hall–Kier alpha value is -0.770. The summed E-state index contributed by atoms with van der Waals surface area (Å²) >= 11 is 5.86. The molecular formula is C12H15ClO3. The molecule has 2 rings (SSSR count). The number of hydrogen-bond acceptors (Lipinski definition) is 3. The minimum absolute atomic E-state index is 0.0696. The highest BCUT2D eigenvalue weighted by Gasteiger charge is 2.42. The van der Waals surface area contributed by atoms with E-state index in [9.17, 15) is 5.11 Å². The summed E-state index contributed by atoms with van der Waals surface area (Å²) in [7, 11) is 1.58. The van der Waals surface area contributed by atoms with Crippen LogP contribution in [0.2, 0.25) is 5.02 Å². The molecule has 0 aromatic heterocycles. The van der Waals surface area contributed by atoms with Crippen LogP contribution in [0.25, 0.3) is 0 Å². The predicted octanol–water partition coefficient (Wildman–Crippen LogP) is 2.18. The van der Waals surface area contributed by atoms with Gasteiger partial charge >= 0.3 is 0 Å². The Labute approximate surface area is 99.9 Å². The molecule has 1 aliphatic carbocycles. The highest BCUT2D eigenvalue weighted by molar-refractivity contribution is 6.30. The fraction of sp³-hybridized carbons (Fsp3) is 0.500. The van der Waals surface area contributed by atoms with Gasteiger partial charge in [0.25, 0.3) is 0 Å². The number of aliphatic hydroxyl groups excluding tert-OH is 1. The number of aryl methyl sites for hydroxylation is 1. The minimum atomic E-state index is -0.414. The molecule has 0 heterocycles. The summed E-state index contributed by atoms with van der Waals surface area (Å²) in [5.74, 6) is 0.795. The summed E-state index contributed by atoms with van der Waals surface area (Å²) in [6.07, 6.45) is -0.0989. The zero-order valence-corrected chi connectivity index (χ0v) is 10.1. The van der Waals surface area contributed by atoms with Gasteiger partial charge in [-0.15, -0.1) is 0 Å². The van der Waals surface area contributed by atoms with Gasteiger partial charge in [0.1, 0.15) is 18.0 Å². The van der Waals surface area contributed by atoms with Gasteiger partial charge < -0.3 is 14.6 Å². The van der Waals surface area contributed by atoms with Crippen molar-refractivity contribution in [3.63, 3.8) is 0 Å². The molecule has 1 N–H and O–H groups in total. The van der Waals surface area contributed by atoms with Crippen molar-refractivity contribution in [2.45, 2.75) is 31.7 Å². The van der Waals surface area contributed by atoms with Gasteiger partial charge in [-0.25, -0.2) is 0 Å². The summed E-state index contributed by atoms with van der Waals surface area (Å²) in [5, 5.41) is 10.1. The molecule has 0 radical (unpaired) electrons. The van der Waals surface area contributed by atoms with E-state index in [1.165, 1.54) is 0 Å². The van der Waals surface area contributed by atoms with E-state index >= 15 is 0 Å². The zero-order valence-electron chi connectivity index (χ0n) is 9.31. The predicted molar refractivity (Wildman–Crippen MR) is 62.0 cm³/mol. The molecule has 0 spiro atoms. The maximum Gasteiger partial charge on any atom is 0.130 e. The van der Waals surface area contributed by atoms with Gasteiger partial charge in [0.15, 0.2) is 0 Å². The van der Waals surface area contributed by atoms with Crippen molar-refractivity contribution in [3.8, 4) is 5.75 Å². The molecule has 16 heavy (non-hydrogen) atoms. The lowest BCUT2D eigenvalue weighted by Crippen LogP contribution is -2.54. The Morgan fingerprint density at radius 2 is 2.19 bits per heavy atom. The van der Waals surface area contributed by atoms with E-state index in [2.05, 4.69) is 0 Å². The summed E-state index contributed by atoms with van der Waals surface area (Å²) in [6, 6.07) is 5.49. The number of halogens is 1. The van der Waals surface area contributed by atoms with E-state index in [0.29, 0.717) is 11.4 Å². The molecular weight excluding hydrogens is 228 g/mol. The van der Waals surface area contributed by atoms with Crippen molar-refractivity contribution < 1.29 is 14.6 Å². The molecule has 0 aliphatic heterocycles. The lowest BCUT2D eigenvalue weighted by atomic mass is 9.88. The third-order valence-electron chi connectivity index (χ3n) is 2.91. The van der Waals surface area contributed by atoms with E-state index in [0.717, 1.165) is 11.3 Å². The summed E-state index contributed by atoms with van der Waals surface area (Å²) in [4.78, 5) is 0. The lowest BCUT2D eigenvalue weighted by Gasteiger charge is -2.40. The van der Waals surface area contributed by atoms with Crippen LogP contribution in [0.4, 0.5) is 0 Å². The number of rotatable bonds is 3. The van der Waals surface area contributed by atoms with Crippen LogP contribution in [-0.4, -0.2) is 30.5 Å². The van der Waals surface area contributed by atoms with Crippen LogP contribution in [0.1, 0.15) is 12.0 Å². The highest BCUT2D eigenvalue weighted by Crippen LogP contribution is 2.31. The van der Waals surface area contributed by atoms with Gasteiger partial charge in [0, 0.05) is 18.6 Å². The van der Waals surface area contributed by atoms with Gasteiger partial charge in [-0.1, -0.05) is 11.6 Å². The first kappa shape index (κ1) is 11.7. The molecule has 0 amide bonds. The normalized spacial score (nSPS) is 28.6. The number of aliphatic hydroxyl groups is 1. The van der Waals surface area contributed by atoms with Crippen molar-refractivity contribution >= 4 is 11.6 Å². The second kappa shape index (κ2) is 4.62. The topological polar surface area (TPSA) is 38.7 Å². The SMILES string of the molecule is COC1C(O)CC1Oc1ccc(Cl)cc1C. The van der Waals surface area contributed by atoms with Crippen LogP contribution in [0.15, 0.2) is 18.2 Å². The van der Waals surface area contributed by atoms with E-state index in [1.807, 2.05) is 19.1 Å². The van der Waals surface area contributed by atoms with Gasteiger partial charge in [-0.05, 0) is 30.7 Å². The van der Waals surface area contributed by atoms with Crippen LogP contribution in [0.5, 0.6) is 5.75 Å². The van der Waals surface area contributed by atoms with E-state index in [-0.39, 0.29) is 12.2 Å². The standard InChI is InChI=1S/C12H15ClO3/c1-7-5-8(13)3-4-10(7)16-11-6-9(14)12(11)15-2/h3-5,9,11-12,14H,6H2,1-2H3. The molecule has 0 saturated heterocycles. The molecule has 1 aliphatic rings. The fourth-order valence-electron chi connectivity index (χ4n) is 1.89. The second-order valence-electron chi connectivity index (χ2n) is 4.07. The molecule has 3 unspecified atom stereocenters. The van der Waals surface area contributed by atoms with Gasteiger partial charge in [0.05, 0.1) is 6.10 Å². The van der Waals surface area contributed by atoms with Crippen molar-refractivity contribution in [1.82, 2.24) is 0 Å². The minimum Gasteiger partial charge on any atom is -0.487 e. The Morgan fingerprint density at radius 3 is 2.75 bits per heavy atom. The average molecular weight is 243 g/mol. The highest BCUT2D eigenvalue weighted by atomic mass is 35.5. The third kappa shape index (κ3) is 2.17. The first-order valence-corrected chi connectivity index (χ1v) is 5.63. The molecule has 1 aromatic rings. The van der Waals surface area contributed by atoms with Crippen LogP contribution in [0, 0.1) is 6.92 Å². The van der Waals surface area contributed by atoms with Crippen molar-refractivity contribution in [3.05, 3.63) is 28.8 Å². The van der Waals surface area contributed by atoms with Crippen LogP contribution in [-0.2, 0) is 4.74 Å². The van der Waals surface area contributed by atoms with Crippen LogP contribution in [0.3, 0.4) is 0 Å². The van der Waals surface area contributed by atoms with E-state index in [4.69, 9.17) is 21.1 Å². The first-order chi connectivity index (χ1) is 7.61. The van der Waals surface area contributed by atoms with Crippen LogP contribution >= 0.6 is 11.6 Å². The largest absolute Gasteiger partial charge is 0.487 e. The number of benzene rings is 1. The maximum absolute atomic E-state index is 9.44. The molecule has 1 saturated carbocycles. The lowest BCUT2D eigenvalue weighted by molar-refractivity contribution is -0.149. The summed E-state index contributed by atoms with van der Waals surface area (Å²) < 4.78 is 10.9. The number of ether oxygens (including phenoxy) is 2. The monoisotopic (exact) mass is 242 g/mol. The zero-order chi connectivity index (χ0) is 11.7. The maximum atomic E-state index is 9.44. The molecule has 3 nitrogen and oxygen atoms in total. The molecule has 3 atom stereocenters. The van der Waals surface area contributed by atoms with Crippen molar-refractivity contribution in [2.24, 2.45) is 0 Å². The summed E-state index contributed by atoms with van der Waals surface area (Å²) in [6.45, 7) is 1.94. The third-order valence-corrected chi connectivity index (χ3v) is 3.14. The molecule has 1 aromatic carbocycles. The first-order valence-electron chi connectivity index (χ1n) is 5.25. The Balaban J connectivity index is 2.04. The summed E-state index contributed by atoms with van der Waals surface area (Å²) in [5.41, 5.74) is 0.990. The Morgan fingerprint density at radius 1 is 1.44 bits per heavy atom. The Kier molecular flexibility index (Phi) is 3.38. The van der Waals surface area contributed by atoms with Gasteiger partial charge in [0.2, 0.25) is 0 Å². The van der Waals surface area contributed by atoms with Gasteiger partial charge in [-0.2, -0.15) is 0 Å². The van der Waals surface area contributed by atoms with Crippen LogP contribution < -0.4 is 4.74 Å². The fourth-order valence-corrected chi connectivity index (χ4v) is 2.12. The van der Waals surface area contributed by atoms with Gasteiger partial charge in [-0.3, -0.25) is 0 Å². The Bertz CT molecular complexity index is 381. The van der Waals surface area contributed by atoms with Crippen molar-refractivity contribution in [1.29, 1.82) is 0 Å². The van der Waals surface area contributed by atoms with Crippen molar-refractivity contribution in [2.75, 3.05) is 7.11 Å². The molecule has 0 bridgehead atoms. The van der Waals surface area contributed by atoms with E-state index in [1.54, 1.807) is 13.2 Å². The molecule has 4 heteroatoms. The molecule has 88 valence electrons.